The first-order valence-electron chi connectivity index (χ1n) is 14.8. The quantitative estimate of drug-likeness (QED) is 0.238. The number of aromatic amines is 1. The van der Waals surface area contributed by atoms with Gasteiger partial charge in [-0.25, -0.2) is 4.79 Å². The van der Waals surface area contributed by atoms with Crippen molar-refractivity contribution in [3.8, 4) is 5.75 Å². The molecule has 4 aromatic carbocycles. The van der Waals surface area contributed by atoms with E-state index in [-0.39, 0.29) is 6.61 Å². The summed E-state index contributed by atoms with van der Waals surface area (Å²) < 4.78 is 33.1. The first-order valence-corrected chi connectivity index (χ1v) is 14.8. The molecule has 2 saturated heterocycles. The number of hydrogen-bond donors (Lipinski definition) is 1. The third kappa shape index (κ3) is 5.40. The van der Waals surface area contributed by atoms with E-state index in [9.17, 15) is 9.59 Å². The zero-order chi connectivity index (χ0) is 30.8. The topological polar surface area (TPSA) is 101 Å². The maximum atomic E-state index is 12.9. The highest BCUT2D eigenvalue weighted by atomic mass is 16.8. The Labute approximate surface area is 259 Å². The summed E-state index contributed by atoms with van der Waals surface area (Å²) in [5.41, 5.74) is 1.56. The van der Waals surface area contributed by atoms with Crippen LogP contribution < -0.4 is 16.0 Å². The molecule has 228 valence electrons. The molecule has 0 saturated carbocycles. The molecule has 45 heavy (non-hydrogen) atoms. The molecule has 0 aliphatic carbocycles. The van der Waals surface area contributed by atoms with E-state index in [1.807, 2.05) is 78.9 Å². The summed E-state index contributed by atoms with van der Waals surface area (Å²) in [5, 5.41) is 0. The standard InChI is InChI=1S/C36H32N2O7/c1-41-28-19-17-24(18-20-28)34-44-31-29(43-33(32(31)45-34)38-22-21-30(39)37-35(38)40)23-42-36(25-11-5-2-6-12-25,26-13-7-3-8-14-26)27-15-9-4-10-16-27/h2-22,29,31-34H,23H2,1H3,(H,37,39,40)/t29-,31-,32-,33-,34?/m1/s1. The molecule has 1 unspecified atom stereocenters. The zero-order valence-corrected chi connectivity index (χ0v) is 24.5. The van der Waals surface area contributed by atoms with Gasteiger partial charge < -0.3 is 23.7 Å². The van der Waals surface area contributed by atoms with E-state index in [2.05, 4.69) is 41.4 Å². The van der Waals surface area contributed by atoms with Crippen molar-refractivity contribution < 1.29 is 23.7 Å². The average molecular weight is 605 g/mol. The number of ether oxygens (including phenoxy) is 5. The van der Waals surface area contributed by atoms with Crippen molar-refractivity contribution in [3.05, 3.63) is 171 Å². The molecule has 0 radical (unpaired) electrons. The highest BCUT2D eigenvalue weighted by molar-refractivity contribution is 5.47. The first kappa shape index (κ1) is 28.9. The van der Waals surface area contributed by atoms with E-state index >= 15 is 0 Å². The van der Waals surface area contributed by atoms with Gasteiger partial charge in [-0.1, -0.05) is 103 Å². The second kappa shape index (κ2) is 12.3. The molecular weight excluding hydrogens is 572 g/mol. The van der Waals surface area contributed by atoms with E-state index in [1.165, 1.54) is 16.8 Å². The number of fused-ring (bicyclic) bond motifs is 1. The normalized spacial score (nSPS) is 22.6. The number of rotatable bonds is 9. The van der Waals surface area contributed by atoms with E-state index < -0.39 is 47.7 Å². The van der Waals surface area contributed by atoms with Crippen LogP contribution in [0.1, 0.15) is 34.8 Å². The van der Waals surface area contributed by atoms with Gasteiger partial charge in [0.15, 0.2) is 12.5 Å². The van der Waals surface area contributed by atoms with Crippen LogP contribution in [0.4, 0.5) is 0 Å². The van der Waals surface area contributed by atoms with E-state index in [0.29, 0.717) is 5.75 Å². The van der Waals surface area contributed by atoms with E-state index in [0.717, 1.165) is 22.3 Å². The van der Waals surface area contributed by atoms with Crippen molar-refractivity contribution in [2.24, 2.45) is 0 Å². The average Bonchev–Trinajstić information content (AvgIpc) is 3.67. The van der Waals surface area contributed by atoms with Crippen LogP contribution in [-0.2, 0) is 24.5 Å². The number of H-pyrrole nitrogens is 1. The third-order valence-electron chi connectivity index (χ3n) is 8.37. The molecular formula is C36H32N2O7. The third-order valence-corrected chi connectivity index (χ3v) is 8.37. The molecule has 9 nitrogen and oxygen atoms in total. The van der Waals surface area contributed by atoms with Crippen LogP contribution >= 0.6 is 0 Å². The minimum absolute atomic E-state index is 0.104. The van der Waals surface area contributed by atoms with Crippen LogP contribution in [0.2, 0.25) is 0 Å². The fourth-order valence-electron chi connectivity index (χ4n) is 6.21. The Morgan fingerprint density at radius 3 is 1.80 bits per heavy atom. The van der Waals surface area contributed by atoms with Crippen molar-refractivity contribution in [3.63, 3.8) is 0 Å². The van der Waals surface area contributed by atoms with Crippen LogP contribution in [0.25, 0.3) is 0 Å². The van der Waals surface area contributed by atoms with E-state index in [4.69, 9.17) is 23.7 Å². The largest absolute Gasteiger partial charge is 0.497 e. The summed E-state index contributed by atoms with van der Waals surface area (Å²) >= 11 is 0. The zero-order valence-electron chi connectivity index (χ0n) is 24.5. The van der Waals surface area contributed by atoms with Crippen molar-refractivity contribution in [1.29, 1.82) is 0 Å². The van der Waals surface area contributed by atoms with Gasteiger partial charge in [-0.3, -0.25) is 14.3 Å². The van der Waals surface area contributed by atoms with Crippen molar-refractivity contribution >= 4 is 0 Å². The van der Waals surface area contributed by atoms with Gasteiger partial charge in [0.1, 0.15) is 29.7 Å². The molecule has 1 aromatic heterocycles. The lowest BCUT2D eigenvalue weighted by atomic mass is 9.80. The fourth-order valence-corrected chi connectivity index (χ4v) is 6.21. The smallest absolute Gasteiger partial charge is 0.330 e. The van der Waals surface area contributed by atoms with Gasteiger partial charge in [-0.05, 0) is 28.8 Å². The van der Waals surface area contributed by atoms with Gasteiger partial charge in [0.2, 0.25) is 0 Å². The molecule has 5 aromatic rings. The molecule has 0 spiro atoms. The van der Waals surface area contributed by atoms with Crippen LogP contribution in [0.5, 0.6) is 5.75 Å². The van der Waals surface area contributed by atoms with Gasteiger partial charge in [0, 0.05) is 17.8 Å². The van der Waals surface area contributed by atoms with Gasteiger partial charge in [0.05, 0.1) is 13.7 Å². The summed E-state index contributed by atoms with van der Waals surface area (Å²) in [7, 11) is 1.61. The summed E-state index contributed by atoms with van der Waals surface area (Å²) in [4.78, 5) is 27.1. The Kier molecular flexibility index (Phi) is 7.91. The number of benzene rings is 4. The highest BCUT2D eigenvalue weighted by Gasteiger charge is 2.55. The lowest BCUT2D eigenvalue weighted by molar-refractivity contribution is -0.165. The van der Waals surface area contributed by atoms with Crippen LogP contribution in [0.15, 0.2) is 137 Å². The monoisotopic (exact) mass is 604 g/mol. The van der Waals surface area contributed by atoms with Gasteiger partial charge >= 0.3 is 5.69 Å². The second-order valence-electron chi connectivity index (χ2n) is 11.0. The summed E-state index contributed by atoms with van der Waals surface area (Å²) in [6.45, 7) is 0.104. The maximum Gasteiger partial charge on any atom is 0.330 e. The molecule has 2 aliphatic heterocycles. The Bertz CT molecular complexity index is 1750. The predicted octanol–water partition coefficient (Wildman–Crippen LogP) is 4.93. The highest BCUT2D eigenvalue weighted by Crippen LogP contribution is 2.46. The Balaban J connectivity index is 1.27. The Morgan fingerprint density at radius 1 is 0.711 bits per heavy atom. The molecule has 2 fully saturated rings. The summed E-state index contributed by atoms with van der Waals surface area (Å²) in [5.74, 6) is 0.711. The van der Waals surface area contributed by atoms with E-state index in [1.54, 1.807) is 7.11 Å². The minimum atomic E-state index is -0.982. The van der Waals surface area contributed by atoms with Gasteiger partial charge in [-0.15, -0.1) is 0 Å². The predicted molar refractivity (Wildman–Crippen MR) is 166 cm³/mol. The molecule has 1 N–H and O–H groups in total. The van der Waals surface area contributed by atoms with Crippen LogP contribution in [-0.4, -0.2) is 41.6 Å². The first-order chi connectivity index (χ1) is 22.1. The molecule has 0 bridgehead atoms. The molecule has 7 rings (SSSR count). The fraction of sp³-hybridized carbons (Fsp3) is 0.222. The number of aromatic nitrogens is 2. The number of nitrogens with one attached hydrogen (secondary N) is 1. The van der Waals surface area contributed by atoms with Crippen LogP contribution in [0.3, 0.4) is 0 Å². The maximum absolute atomic E-state index is 12.9. The number of nitrogens with zero attached hydrogens (tertiary/aromatic N) is 1. The van der Waals surface area contributed by atoms with Crippen molar-refractivity contribution in [2.45, 2.75) is 36.4 Å². The van der Waals surface area contributed by atoms with Crippen molar-refractivity contribution in [1.82, 2.24) is 9.55 Å². The SMILES string of the molecule is COc1ccc(C2O[C@@H]3[C@H](O2)[C@@H](COC(c2ccccc2)(c2ccccc2)c2ccccc2)O[C@H]3n2ccc(=O)[nH]c2=O)cc1. The molecule has 0 amide bonds. The number of hydrogen-bond acceptors (Lipinski definition) is 7. The van der Waals surface area contributed by atoms with Gasteiger partial charge in [0.25, 0.3) is 5.56 Å². The molecule has 2 aliphatic rings. The summed E-state index contributed by atoms with van der Waals surface area (Å²) in [6.07, 6.45) is -2.03. The lowest BCUT2D eigenvalue weighted by Crippen LogP contribution is -2.39. The second-order valence-corrected chi connectivity index (χ2v) is 11.0. The molecule has 3 heterocycles. The Morgan fingerprint density at radius 2 is 1.27 bits per heavy atom. The van der Waals surface area contributed by atoms with Crippen LogP contribution in [0, 0.1) is 0 Å². The minimum Gasteiger partial charge on any atom is -0.497 e. The summed E-state index contributed by atoms with van der Waals surface area (Å²) in [6, 6.07) is 38.9. The number of methoxy groups -OCH3 is 1. The Hall–Kier alpha value is -4.80. The molecule has 5 atom stereocenters. The van der Waals surface area contributed by atoms with Crippen molar-refractivity contribution in [2.75, 3.05) is 13.7 Å². The van der Waals surface area contributed by atoms with Gasteiger partial charge in [-0.2, -0.15) is 0 Å². The molecule has 9 heteroatoms. The lowest BCUT2D eigenvalue weighted by Gasteiger charge is -2.37.